The van der Waals surface area contributed by atoms with Gasteiger partial charge in [-0.25, -0.2) is 4.57 Å². The largest absolute Gasteiger partial charge is 0.416 e. The maximum absolute atomic E-state index is 13.0. The third kappa shape index (κ3) is 4.13. The summed E-state index contributed by atoms with van der Waals surface area (Å²) in [4.78, 5) is 12.7. The molecular formula is C24H20F3N2O+. The highest BCUT2D eigenvalue weighted by Gasteiger charge is 2.31. The quantitative estimate of drug-likeness (QED) is 0.329. The average molecular weight is 409 g/mol. The van der Waals surface area contributed by atoms with Gasteiger partial charge in [0, 0.05) is 22.9 Å². The Hall–Kier alpha value is -3.41. The Kier molecular flexibility index (Phi) is 5.16. The number of hydrogen-bond donors (Lipinski definition) is 0. The second-order valence-corrected chi connectivity index (χ2v) is 7.32. The van der Waals surface area contributed by atoms with Crippen LogP contribution in [0, 0.1) is 6.92 Å². The molecule has 0 saturated heterocycles. The van der Waals surface area contributed by atoms with Crippen molar-refractivity contribution in [1.29, 1.82) is 0 Å². The summed E-state index contributed by atoms with van der Waals surface area (Å²) in [6.07, 6.45) is -0.515. The fraction of sp³-hybridized carbons (Fsp3) is 0.167. The van der Waals surface area contributed by atoms with E-state index in [0.717, 1.165) is 35.3 Å². The summed E-state index contributed by atoms with van der Waals surface area (Å²) in [5, 5.41) is 0.975. The molecule has 0 saturated carbocycles. The second kappa shape index (κ2) is 7.78. The lowest BCUT2D eigenvalue weighted by atomic mass is 10.1. The number of nitrogens with zero attached hydrogens (tertiary/aromatic N) is 2. The first-order valence-electron chi connectivity index (χ1n) is 9.54. The molecule has 0 N–H and O–H groups in total. The van der Waals surface area contributed by atoms with Crippen LogP contribution < -0.4 is 4.57 Å². The molecule has 2 aromatic heterocycles. The molecule has 0 aliphatic rings. The van der Waals surface area contributed by atoms with E-state index in [-0.39, 0.29) is 17.9 Å². The van der Waals surface area contributed by atoms with E-state index in [4.69, 9.17) is 0 Å². The Morgan fingerprint density at radius 2 is 1.77 bits per heavy atom. The molecule has 0 atom stereocenters. The maximum atomic E-state index is 13.0. The number of fused-ring (bicyclic) bond motifs is 1. The number of aryl methyl sites for hydroxylation is 1. The van der Waals surface area contributed by atoms with Gasteiger partial charge in [-0.15, -0.1) is 0 Å². The normalized spacial score (nSPS) is 11.7. The first-order chi connectivity index (χ1) is 14.3. The number of ketones is 1. The first kappa shape index (κ1) is 19.9. The molecule has 2 aromatic carbocycles. The van der Waals surface area contributed by atoms with Crippen molar-refractivity contribution >= 4 is 16.7 Å². The van der Waals surface area contributed by atoms with E-state index >= 15 is 0 Å². The topological polar surface area (TPSA) is 25.9 Å². The molecule has 152 valence electrons. The fourth-order valence-electron chi connectivity index (χ4n) is 3.61. The molecule has 3 nitrogen and oxygen atoms in total. The molecule has 0 aliphatic carbocycles. The van der Waals surface area contributed by atoms with Crippen LogP contribution in [0.3, 0.4) is 0 Å². The van der Waals surface area contributed by atoms with Gasteiger partial charge in [0.2, 0.25) is 0 Å². The number of hydrogen-bond acceptors (Lipinski definition) is 1. The van der Waals surface area contributed by atoms with Gasteiger partial charge >= 0.3 is 6.18 Å². The second-order valence-electron chi connectivity index (χ2n) is 7.32. The minimum Gasteiger partial charge on any atom is -0.337 e. The monoisotopic (exact) mass is 409 g/mol. The van der Waals surface area contributed by atoms with E-state index in [1.54, 1.807) is 0 Å². The van der Waals surface area contributed by atoms with Crippen molar-refractivity contribution in [2.45, 2.75) is 26.2 Å². The molecule has 30 heavy (non-hydrogen) atoms. The van der Waals surface area contributed by atoms with Crippen LogP contribution in [0.1, 0.15) is 27.2 Å². The predicted molar refractivity (Wildman–Crippen MR) is 108 cm³/mol. The van der Waals surface area contributed by atoms with Crippen molar-refractivity contribution in [2.24, 2.45) is 0 Å². The lowest BCUT2D eigenvalue weighted by Gasteiger charge is -2.10. The first-order valence-corrected chi connectivity index (χ1v) is 9.54. The highest BCUT2D eigenvalue weighted by atomic mass is 19.4. The number of Topliss-reactive ketones (excluding diaryl/α,β-unsaturated/α-hetero) is 1. The van der Waals surface area contributed by atoms with E-state index in [1.807, 2.05) is 54.2 Å². The van der Waals surface area contributed by atoms with Gasteiger partial charge in [0.15, 0.2) is 24.7 Å². The maximum Gasteiger partial charge on any atom is 0.416 e. The van der Waals surface area contributed by atoms with Crippen molar-refractivity contribution in [1.82, 2.24) is 4.57 Å². The molecule has 4 rings (SSSR count). The average Bonchev–Trinajstić information content (AvgIpc) is 3.02. The zero-order chi connectivity index (χ0) is 21.3. The van der Waals surface area contributed by atoms with E-state index in [9.17, 15) is 18.0 Å². The van der Waals surface area contributed by atoms with Crippen LogP contribution in [0.15, 0.2) is 79.1 Å². The van der Waals surface area contributed by atoms with Crippen molar-refractivity contribution in [3.8, 4) is 0 Å². The number of aromatic nitrogens is 2. The number of carbonyl (C=O) groups excluding carboxylic acids is 1. The summed E-state index contributed by atoms with van der Waals surface area (Å²) in [5.74, 6) is -0.359. The summed E-state index contributed by atoms with van der Waals surface area (Å²) < 4.78 is 42.8. The van der Waals surface area contributed by atoms with Gasteiger partial charge in [-0.1, -0.05) is 42.5 Å². The molecule has 0 fully saturated rings. The van der Waals surface area contributed by atoms with Crippen molar-refractivity contribution in [2.75, 3.05) is 0 Å². The van der Waals surface area contributed by atoms with Crippen LogP contribution in [-0.2, 0) is 19.3 Å². The summed E-state index contributed by atoms with van der Waals surface area (Å²) >= 11 is 0. The van der Waals surface area contributed by atoms with Crippen LogP contribution in [0.25, 0.3) is 10.9 Å². The molecule has 0 radical (unpaired) electrons. The SMILES string of the molecule is Cc1cc2c[n+](Cc3ccccc3)ccc2n1CC(=O)c1cccc(C(F)(F)F)c1. The number of halogens is 3. The lowest BCUT2D eigenvalue weighted by molar-refractivity contribution is -0.687. The number of pyridine rings is 1. The molecule has 2 heterocycles. The van der Waals surface area contributed by atoms with Gasteiger partial charge in [0.05, 0.1) is 23.0 Å². The Bertz CT molecular complexity index is 1210. The molecule has 0 spiro atoms. The number of carbonyl (C=O) groups is 1. The van der Waals surface area contributed by atoms with Crippen molar-refractivity contribution < 1.29 is 22.5 Å². The number of rotatable bonds is 5. The van der Waals surface area contributed by atoms with Crippen LogP contribution in [0.2, 0.25) is 0 Å². The molecule has 6 heteroatoms. The summed E-state index contributed by atoms with van der Waals surface area (Å²) in [7, 11) is 0. The summed E-state index contributed by atoms with van der Waals surface area (Å²) in [6, 6.07) is 18.6. The number of benzene rings is 2. The van der Waals surface area contributed by atoms with Crippen LogP contribution in [-0.4, -0.2) is 10.4 Å². The van der Waals surface area contributed by atoms with Gasteiger partial charge in [0.1, 0.15) is 0 Å². The minimum absolute atomic E-state index is 0.0145. The highest BCUT2D eigenvalue weighted by Crippen LogP contribution is 2.30. The predicted octanol–water partition coefficient (Wildman–Crippen LogP) is 5.19. The number of alkyl halides is 3. The molecule has 4 aromatic rings. The smallest absolute Gasteiger partial charge is 0.337 e. The summed E-state index contributed by atoms with van der Waals surface area (Å²) in [5.41, 5.74) is 2.17. The van der Waals surface area contributed by atoms with Crippen LogP contribution in [0.5, 0.6) is 0 Å². The van der Waals surface area contributed by atoms with E-state index in [1.165, 1.54) is 17.7 Å². The van der Waals surface area contributed by atoms with Gasteiger partial charge < -0.3 is 4.57 Å². The summed E-state index contributed by atoms with van der Waals surface area (Å²) in [6.45, 7) is 2.60. The van der Waals surface area contributed by atoms with E-state index in [0.29, 0.717) is 0 Å². The molecule has 0 amide bonds. The molecule has 0 unspecified atom stereocenters. The zero-order valence-corrected chi connectivity index (χ0v) is 16.4. The Labute approximate surface area is 172 Å². The van der Waals surface area contributed by atoms with Crippen LogP contribution >= 0.6 is 0 Å². The Morgan fingerprint density at radius 3 is 2.50 bits per heavy atom. The Morgan fingerprint density at radius 1 is 1.00 bits per heavy atom. The van der Waals surface area contributed by atoms with Gasteiger partial charge in [-0.05, 0) is 25.1 Å². The third-order valence-electron chi connectivity index (χ3n) is 5.13. The standard InChI is InChI=1S/C24H20F3N2O/c1-17-12-20-15-28(14-18-6-3-2-4-7-18)11-10-22(20)29(17)16-23(30)19-8-5-9-21(13-19)24(25,26)27/h2-13,15H,14,16H2,1H3/q+1. The Balaban J connectivity index is 1.60. The van der Waals surface area contributed by atoms with Gasteiger partial charge in [0.25, 0.3) is 0 Å². The molecular weight excluding hydrogens is 389 g/mol. The van der Waals surface area contributed by atoms with E-state index < -0.39 is 11.7 Å². The van der Waals surface area contributed by atoms with Crippen LogP contribution in [0.4, 0.5) is 13.2 Å². The lowest BCUT2D eigenvalue weighted by Crippen LogP contribution is -2.33. The minimum atomic E-state index is -4.47. The molecule has 0 aliphatic heterocycles. The fourth-order valence-corrected chi connectivity index (χ4v) is 3.61. The van der Waals surface area contributed by atoms with Crippen molar-refractivity contribution in [3.05, 3.63) is 102 Å². The van der Waals surface area contributed by atoms with Gasteiger partial charge in [-0.2, -0.15) is 13.2 Å². The van der Waals surface area contributed by atoms with E-state index in [2.05, 4.69) is 16.7 Å². The third-order valence-corrected chi connectivity index (χ3v) is 5.13. The zero-order valence-electron chi connectivity index (χ0n) is 16.4. The van der Waals surface area contributed by atoms with Crippen molar-refractivity contribution in [3.63, 3.8) is 0 Å². The molecule has 0 bridgehead atoms. The highest BCUT2D eigenvalue weighted by molar-refractivity contribution is 5.97. The van der Waals surface area contributed by atoms with Gasteiger partial charge in [-0.3, -0.25) is 4.79 Å².